The summed E-state index contributed by atoms with van der Waals surface area (Å²) in [4.78, 5) is 17.1. The predicted octanol–water partition coefficient (Wildman–Crippen LogP) is 4.16. The molecule has 1 N–H and O–H groups in total. The van der Waals surface area contributed by atoms with E-state index in [4.69, 9.17) is 4.42 Å². The Morgan fingerprint density at radius 3 is 2.53 bits per heavy atom. The topological polar surface area (TPSA) is 92.5 Å². The first-order valence-corrected chi connectivity index (χ1v) is 12.2. The van der Waals surface area contributed by atoms with Gasteiger partial charge in [-0.15, -0.1) is 0 Å². The number of benzene rings is 1. The molecule has 0 bridgehead atoms. The number of anilines is 1. The van der Waals surface area contributed by atoms with Crippen molar-refractivity contribution in [3.05, 3.63) is 45.3 Å². The smallest absolute Gasteiger partial charge is 0.255 e. The summed E-state index contributed by atoms with van der Waals surface area (Å²) in [6.45, 7) is 2.26. The first kappa shape index (κ1) is 22.5. The van der Waals surface area contributed by atoms with Crippen LogP contribution in [0.2, 0.25) is 0 Å². The van der Waals surface area contributed by atoms with Gasteiger partial charge in [-0.2, -0.15) is 4.98 Å². The highest BCUT2D eigenvalue weighted by molar-refractivity contribution is 14.1. The molecule has 0 aliphatic rings. The highest BCUT2D eigenvalue weighted by atomic mass is 127. The van der Waals surface area contributed by atoms with E-state index >= 15 is 0 Å². The van der Waals surface area contributed by atoms with Crippen LogP contribution in [0.1, 0.15) is 30.1 Å². The van der Waals surface area contributed by atoms with Crippen molar-refractivity contribution in [1.29, 1.82) is 0 Å². The number of furan rings is 1. The number of nitrogens with zero attached hydrogens (tertiary/aromatic N) is 2. The van der Waals surface area contributed by atoms with Crippen LogP contribution in [0.25, 0.3) is 22.4 Å². The van der Waals surface area contributed by atoms with Crippen molar-refractivity contribution < 1.29 is 22.0 Å². The first-order chi connectivity index (χ1) is 14.2. The maximum Gasteiger partial charge on any atom is 0.255 e. The summed E-state index contributed by atoms with van der Waals surface area (Å²) >= 11 is 2.00. The number of pyridine rings is 1. The SMILES string of the molecule is CCCCN(c1nc2oc(-c3ccc(F)cc3)c(C(=O)NC)c2cc1I)S(C)(=O)=O. The normalized spacial score (nSPS) is 11.6. The van der Waals surface area contributed by atoms with E-state index in [1.165, 1.54) is 35.6 Å². The van der Waals surface area contributed by atoms with Crippen LogP contribution in [0.5, 0.6) is 0 Å². The molecule has 3 rings (SSSR count). The number of fused-ring (bicyclic) bond motifs is 1. The second-order valence-corrected chi connectivity index (χ2v) is 9.80. The summed E-state index contributed by atoms with van der Waals surface area (Å²) in [5, 5.41) is 3.03. The van der Waals surface area contributed by atoms with Crippen molar-refractivity contribution in [1.82, 2.24) is 10.3 Å². The molecule has 30 heavy (non-hydrogen) atoms. The summed E-state index contributed by atoms with van der Waals surface area (Å²) in [5.74, 6) is -0.304. The summed E-state index contributed by atoms with van der Waals surface area (Å²) in [6, 6.07) is 7.25. The van der Waals surface area contributed by atoms with E-state index in [1.54, 1.807) is 6.07 Å². The molecule has 0 saturated heterocycles. The lowest BCUT2D eigenvalue weighted by molar-refractivity contribution is 0.0964. The molecule has 0 spiro atoms. The van der Waals surface area contributed by atoms with Crippen LogP contribution < -0.4 is 9.62 Å². The van der Waals surface area contributed by atoms with Crippen LogP contribution in [0.4, 0.5) is 10.2 Å². The second kappa shape index (κ2) is 8.88. The lowest BCUT2D eigenvalue weighted by Gasteiger charge is -2.22. The van der Waals surface area contributed by atoms with E-state index in [0.717, 1.165) is 12.7 Å². The molecule has 10 heteroatoms. The second-order valence-electron chi connectivity index (χ2n) is 6.73. The van der Waals surface area contributed by atoms with Crippen molar-refractivity contribution in [2.45, 2.75) is 19.8 Å². The molecule has 0 radical (unpaired) electrons. The Balaban J connectivity index is 2.26. The van der Waals surface area contributed by atoms with Gasteiger partial charge in [-0.1, -0.05) is 13.3 Å². The maximum absolute atomic E-state index is 13.4. The number of nitrogens with one attached hydrogen (secondary N) is 1. The highest BCUT2D eigenvalue weighted by Gasteiger charge is 2.27. The minimum absolute atomic E-state index is 0.133. The zero-order chi connectivity index (χ0) is 22.1. The van der Waals surface area contributed by atoms with Crippen molar-refractivity contribution in [2.24, 2.45) is 0 Å². The van der Waals surface area contributed by atoms with Crippen molar-refractivity contribution in [2.75, 3.05) is 24.2 Å². The molecule has 2 heterocycles. The number of carbonyl (C=O) groups is 1. The Bertz CT molecular complexity index is 1190. The summed E-state index contributed by atoms with van der Waals surface area (Å²) in [5.41, 5.74) is 0.902. The molecule has 0 fully saturated rings. The average molecular weight is 545 g/mol. The van der Waals surface area contributed by atoms with Crippen LogP contribution in [0, 0.1) is 9.39 Å². The molecule has 0 aliphatic heterocycles. The van der Waals surface area contributed by atoms with Gasteiger partial charge < -0.3 is 9.73 Å². The maximum atomic E-state index is 13.4. The number of rotatable bonds is 7. The van der Waals surface area contributed by atoms with Gasteiger partial charge in [-0.25, -0.2) is 12.8 Å². The van der Waals surface area contributed by atoms with Crippen molar-refractivity contribution in [3.63, 3.8) is 0 Å². The summed E-state index contributed by atoms with van der Waals surface area (Å²) in [6.07, 6.45) is 2.62. The zero-order valence-corrected chi connectivity index (χ0v) is 19.7. The van der Waals surface area contributed by atoms with Crippen LogP contribution >= 0.6 is 22.6 Å². The third-order valence-electron chi connectivity index (χ3n) is 4.53. The van der Waals surface area contributed by atoms with Gasteiger partial charge >= 0.3 is 0 Å². The highest BCUT2D eigenvalue weighted by Crippen LogP contribution is 2.36. The van der Waals surface area contributed by atoms with Gasteiger partial charge in [0.15, 0.2) is 5.82 Å². The largest absolute Gasteiger partial charge is 0.437 e. The van der Waals surface area contributed by atoms with Crippen molar-refractivity contribution in [3.8, 4) is 11.3 Å². The molecule has 7 nitrogen and oxygen atoms in total. The van der Waals surface area contributed by atoms with E-state index < -0.39 is 15.8 Å². The van der Waals surface area contributed by atoms with Crippen molar-refractivity contribution >= 4 is 55.4 Å². The predicted molar refractivity (Wildman–Crippen MR) is 123 cm³/mol. The minimum atomic E-state index is -3.56. The fraction of sp³-hybridized carbons (Fsp3) is 0.300. The molecule has 2 aromatic heterocycles. The molecule has 3 aromatic rings. The molecule has 1 aromatic carbocycles. The summed E-state index contributed by atoms with van der Waals surface area (Å²) < 4.78 is 45.8. The van der Waals surface area contributed by atoms with E-state index in [1.807, 2.05) is 29.5 Å². The quantitative estimate of drug-likeness (QED) is 0.451. The average Bonchev–Trinajstić information content (AvgIpc) is 3.05. The Morgan fingerprint density at radius 2 is 1.97 bits per heavy atom. The number of hydrogen-bond acceptors (Lipinski definition) is 5. The Hall–Kier alpha value is -2.21. The summed E-state index contributed by atoms with van der Waals surface area (Å²) in [7, 11) is -2.06. The Kier molecular flexibility index (Phi) is 6.65. The Labute approximate surface area is 187 Å². The number of aromatic nitrogens is 1. The number of halogens is 2. The van der Waals surface area contributed by atoms with E-state index in [9.17, 15) is 17.6 Å². The van der Waals surface area contributed by atoms with Gasteiger partial charge in [0.2, 0.25) is 15.7 Å². The fourth-order valence-electron chi connectivity index (χ4n) is 3.05. The van der Waals surface area contributed by atoms with Gasteiger partial charge in [-0.3, -0.25) is 9.10 Å². The van der Waals surface area contributed by atoms with Crippen LogP contribution in [0.15, 0.2) is 34.7 Å². The van der Waals surface area contributed by atoms with E-state index in [2.05, 4.69) is 10.3 Å². The number of amides is 1. The van der Waals surface area contributed by atoms with Gasteiger partial charge in [0.1, 0.15) is 11.6 Å². The third kappa shape index (κ3) is 4.43. The molecule has 0 atom stereocenters. The minimum Gasteiger partial charge on any atom is -0.437 e. The number of hydrogen-bond donors (Lipinski definition) is 1. The lowest BCUT2D eigenvalue weighted by atomic mass is 10.1. The van der Waals surface area contributed by atoms with E-state index in [-0.39, 0.29) is 35.3 Å². The van der Waals surface area contributed by atoms with Crippen LogP contribution in [-0.4, -0.2) is 39.2 Å². The molecular weight excluding hydrogens is 524 g/mol. The number of sulfonamides is 1. The molecule has 1 amide bonds. The fourth-order valence-corrected chi connectivity index (χ4v) is 4.85. The van der Waals surface area contributed by atoms with E-state index in [0.29, 0.717) is 20.9 Å². The number of carbonyl (C=O) groups excluding carboxylic acids is 1. The number of unbranched alkanes of at least 4 members (excludes halogenated alkanes) is 1. The molecule has 160 valence electrons. The van der Waals surface area contributed by atoms with Gasteiger partial charge in [0.05, 0.1) is 20.8 Å². The molecule has 0 unspecified atom stereocenters. The third-order valence-corrected chi connectivity index (χ3v) is 6.48. The Morgan fingerprint density at radius 1 is 1.30 bits per heavy atom. The van der Waals surface area contributed by atoms with Gasteiger partial charge in [-0.05, 0) is 59.3 Å². The van der Waals surface area contributed by atoms with Gasteiger partial charge in [0.25, 0.3) is 5.91 Å². The standard InChI is InChI=1S/C20H21FIN3O4S/c1-4-5-10-25(30(3,27)28)18-15(22)11-14-16(19(26)23-2)17(29-20(14)24-18)12-6-8-13(21)9-7-12/h6-9,11H,4-5,10H2,1-3H3,(H,23,26). The zero-order valence-electron chi connectivity index (χ0n) is 16.7. The first-order valence-electron chi connectivity index (χ1n) is 9.26. The molecule has 0 aliphatic carbocycles. The lowest BCUT2D eigenvalue weighted by Crippen LogP contribution is -2.32. The monoisotopic (exact) mass is 545 g/mol. The molecule has 0 saturated carbocycles. The molecular formula is C20H21FIN3O4S. The van der Waals surface area contributed by atoms with Crippen LogP contribution in [-0.2, 0) is 10.0 Å². The van der Waals surface area contributed by atoms with Gasteiger partial charge in [0, 0.05) is 19.2 Å². The van der Waals surface area contributed by atoms with Crippen LogP contribution in [0.3, 0.4) is 0 Å².